The predicted molar refractivity (Wildman–Crippen MR) is 85.2 cm³/mol. The number of fused-ring (bicyclic) bond motifs is 1. The van der Waals surface area contributed by atoms with Gasteiger partial charge >= 0.3 is 0 Å². The molecule has 2 atom stereocenters. The fraction of sp³-hybridized carbons (Fsp3) is 0.765. The SMILES string of the molecule is CNCc1cc(CN2CCC3C(CCCN3C)C2)oc1C. The van der Waals surface area contributed by atoms with Crippen molar-refractivity contribution < 1.29 is 4.42 Å². The lowest BCUT2D eigenvalue weighted by Crippen LogP contribution is -2.52. The van der Waals surface area contributed by atoms with Crippen LogP contribution in [0.15, 0.2) is 10.5 Å². The van der Waals surface area contributed by atoms with Gasteiger partial charge in [0.25, 0.3) is 0 Å². The Hall–Kier alpha value is -0.840. The summed E-state index contributed by atoms with van der Waals surface area (Å²) < 4.78 is 5.94. The Bertz CT molecular complexity index is 471. The first-order valence-electron chi connectivity index (χ1n) is 8.32. The maximum absolute atomic E-state index is 5.94. The molecule has 2 saturated heterocycles. The molecule has 2 aliphatic heterocycles. The Labute approximate surface area is 128 Å². The molecule has 2 aliphatic rings. The molecule has 118 valence electrons. The summed E-state index contributed by atoms with van der Waals surface area (Å²) in [5.41, 5.74) is 1.29. The number of hydrogen-bond donors (Lipinski definition) is 1. The summed E-state index contributed by atoms with van der Waals surface area (Å²) >= 11 is 0. The van der Waals surface area contributed by atoms with E-state index in [9.17, 15) is 0 Å². The van der Waals surface area contributed by atoms with Crippen LogP contribution in [0.2, 0.25) is 0 Å². The Kier molecular flexibility index (Phi) is 4.67. The predicted octanol–water partition coefficient (Wildman–Crippen LogP) is 2.22. The van der Waals surface area contributed by atoms with E-state index in [1.807, 2.05) is 7.05 Å². The fourth-order valence-electron chi connectivity index (χ4n) is 4.12. The standard InChI is InChI=1S/C17H29N3O/c1-13-15(10-18-2)9-16(21-13)12-20-8-6-17-14(11-20)5-4-7-19(17)3/h9,14,17-18H,4-8,10-12H2,1-3H3. The number of rotatable bonds is 4. The van der Waals surface area contributed by atoms with Crippen molar-refractivity contribution in [3.8, 4) is 0 Å². The maximum Gasteiger partial charge on any atom is 0.118 e. The van der Waals surface area contributed by atoms with Crippen LogP contribution in [-0.2, 0) is 13.1 Å². The zero-order valence-corrected chi connectivity index (χ0v) is 13.7. The average Bonchev–Trinajstić information content (AvgIpc) is 2.79. The van der Waals surface area contributed by atoms with Gasteiger partial charge in [0.15, 0.2) is 0 Å². The summed E-state index contributed by atoms with van der Waals surface area (Å²) in [6.45, 7) is 7.65. The molecule has 0 spiro atoms. The highest BCUT2D eigenvalue weighted by molar-refractivity contribution is 5.20. The van der Waals surface area contributed by atoms with E-state index in [0.717, 1.165) is 36.6 Å². The van der Waals surface area contributed by atoms with Gasteiger partial charge in [-0.3, -0.25) is 4.90 Å². The molecule has 0 aliphatic carbocycles. The smallest absolute Gasteiger partial charge is 0.118 e. The molecule has 2 fully saturated rings. The van der Waals surface area contributed by atoms with E-state index >= 15 is 0 Å². The van der Waals surface area contributed by atoms with Crippen molar-refractivity contribution >= 4 is 0 Å². The summed E-state index contributed by atoms with van der Waals surface area (Å²) in [4.78, 5) is 5.16. The number of aryl methyl sites for hydroxylation is 1. The molecule has 1 N–H and O–H groups in total. The van der Waals surface area contributed by atoms with Crippen molar-refractivity contribution in [3.63, 3.8) is 0 Å². The molecule has 3 heterocycles. The van der Waals surface area contributed by atoms with Gasteiger partial charge in [0.2, 0.25) is 0 Å². The van der Waals surface area contributed by atoms with Gasteiger partial charge in [-0.1, -0.05) is 0 Å². The summed E-state index contributed by atoms with van der Waals surface area (Å²) in [6, 6.07) is 3.04. The van der Waals surface area contributed by atoms with Crippen molar-refractivity contribution in [1.29, 1.82) is 0 Å². The van der Waals surface area contributed by atoms with Crippen molar-refractivity contribution in [2.45, 2.75) is 45.3 Å². The molecule has 21 heavy (non-hydrogen) atoms. The second-order valence-corrected chi connectivity index (χ2v) is 6.80. The third kappa shape index (κ3) is 3.33. The van der Waals surface area contributed by atoms with E-state index in [0.29, 0.717) is 0 Å². The lowest BCUT2D eigenvalue weighted by molar-refractivity contribution is 0.0329. The Balaban J connectivity index is 1.60. The highest BCUT2D eigenvalue weighted by atomic mass is 16.3. The van der Waals surface area contributed by atoms with E-state index in [2.05, 4.69) is 35.2 Å². The van der Waals surface area contributed by atoms with E-state index in [-0.39, 0.29) is 0 Å². The van der Waals surface area contributed by atoms with E-state index < -0.39 is 0 Å². The van der Waals surface area contributed by atoms with Crippen molar-refractivity contribution in [3.05, 3.63) is 23.2 Å². The molecule has 0 bridgehead atoms. The van der Waals surface area contributed by atoms with Crippen LogP contribution in [0.3, 0.4) is 0 Å². The van der Waals surface area contributed by atoms with Crippen LogP contribution >= 0.6 is 0 Å². The molecule has 1 aromatic heterocycles. The zero-order valence-electron chi connectivity index (χ0n) is 13.7. The van der Waals surface area contributed by atoms with Gasteiger partial charge in [-0.05, 0) is 58.8 Å². The highest BCUT2D eigenvalue weighted by Gasteiger charge is 2.34. The molecule has 1 aromatic rings. The van der Waals surface area contributed by atoms with Crippen LogP contribution in [0.5, 0.6) is 0 Å². The molecular weight excluding hydrogens is 262 g/mol. The Morgan fingerprint density at radius 2 is 2.19 bits per heavy atom. The van der Waals surface area contributed by atoms with Crippen LogP contribution < -0.4 is 5.32 Å². The van der Waals surface area contributed by atoms with Gasteiger partial charge < -0.3 is 14.6 Å². The van der Waals surface area contributed by atoms with Gasteiger partial charge in [-0.15, -0.1) is 0 Å². The van der Waals surface area contributed by atoms with Crippen LogP contribution in [0.1, 0.15) is 36.3 Å². The molecule has 0 saturated carbocycles. The summed E-state index contributed by atoms with van der Waals surface area (Å²) in [5, 5.41) is 3.20. The van der Waals surface area contributed by atoms with E-state index in [1.165, 1.54) is 44.5 Å². The molecule has 0 radical (unpaired) electrons. The highest BCUT2D eigenvalue weighted by Crippen LogP contribution is 2.30. The Morgan fingerprint density at radius 1 is 1.33 bits per heavy atom. The monoisotopic (exact) mass is 291 g/mol. The van der Waals surface area contributed by atoms with Gasteiger partial charge in [-0.2, -0.15) is 0 Å². The Morgan fingerprint density at radius 3 is 3.00 bits per heavy atom. The second kappa shape index (κ2) is 6.51. The van der Waals surface area contributed by atoms with Gasteiger partial charge in [0.1, 0.15) is 11.5 Å². The largest absolute Gasteiger partial charge is 0.465 e. The molecule has 0 aromatic carbocycles. The zero-order chi connectivity index (χ0) is 14.8. The van der Waals surface area contributed by atoms with Crippen LogP contribution in [0.4, 0.5) is 0 Å². The first kappa shape index (κ1) is 15.1. The minimum absolute atomic E-state index is 0.813. The lowest BCUT2D eigenvalue weighted by Gasteiger charge is -2.45. The number of likely N-dealkylation sites (tertiary alicyclic amines) is 2. The number of nitrogens with one attached hydrogen (secondary N) is 1. The van der Waals surface area contributed by atoms with E-state index in [1.54, 1.807) is 0 Å². The third-order valence-electron chi connectivity index (χ3n) is 5.25. The second-order valence-electron chi connectivity index (χ2n) is 6.80. The topological polar surface area (TPSA) is 31.6 Å². The van der Waals surface area contributed by atoms with Crippen molar-refractivity contribution in [2.75, 3.05) is 33.7 Å². The average molecular weight is 291 g/mol. The minimum Gasteiger partial charge on any atom is -0.465 e. The summed E-state index contributed by atoms with van der Waals surface area (Å²) in [5.74, 6) is 3.04. The molecule has 4 nitrogen and oxygen atoms in total. The van der Waals surface area contributed by atoms with E-state index in [4.69, 9.17) is 4.42 Å². The number of piperidine rings is 2. The van der Waals surface area contributed by atoms with Crippen molar-refractivity contribution in [1.82, 2.24) is 15.1 Å². The van der Waals surface area contributed by atoms with Gasteiger partial charge in [0, 0.05) is 31.2 Å². The first-order valence-corrected chi connectivity index (χ1v) is 8.32. The quantitative estimate of drug-likeness (QED) is 0.922. The molecule has 4 heteroatoms. The van der Waals surface area contributed by atoms with Crippen LogP contribution in [-0.4, -0.2) is 49.6 Å². The van der Waals surface area contributed by atoms with Crippen molar-refractivity contribution in [2.24, 2.45) is 5.92 Å². The first-order chi connectivity index (χ1) is 10.2. The minimum atomic E-state index is 0.813. The molecule has 3 rings (SSSR count). The molecule has 2 unspecified atom stereocenters. The molecular formula is C17H29N3O. The van der Waals surface area contributed by atoms with Crippen LogP contribution in [0, 0.1) is 12.8 Å². The van der Waals surface area contributed by atoms with Gasteiger partial charge in [0.05, 0.1) is 6.54 Å². The summed E-state index contributed by atoms with van der Waals surface area (Å²) in [7, 11) is 4.28. The summed E-state index contributed by atoms with van der Waals surface area (Å²) in [6.07, 6.45) is 4.07. The number of furan rings is 1. The fourth-order valence-corrected chi connectivity index (χ4v) is 4.12. The molecule has 0 amide bonds. The van der Waals surface area contributed by atoms with Crippen LogP contribution in [0.25, 0.3) is 0 Å². The lowest BCUT2D eigenvalue weighted by atomic mass is 9.84. The number of nitrogens with zero attached hydrogens (tertiary/aromatic N) is 2. The maximum atomic E-state index is 5.94. The third-order valence-corrected chi connectivity index (χ3v) is 5.25. The normalized spacial score (nSPS) is 27.8. The number of hydrogen-bond acceptors (Lipinski definition) is 4. The van der Waals surface area contributed by atoms with Gasteiger partial charge in [-0.25, -0.2) is 0 Å².